The van der Waals surface area contributed by atoms with Crippen molar-refractivity contribution in [2.75, 3.05) is 26.3 Å². The number of esters is 1. The molecule has 2 heterocycles. The first kappa shape index (κ1) is 21.8. The molecule has 32 heavy (non-hydrogen) atoms. The lowest BCUT2D eigenvalue weighted by Gasteiger charge is -2.30. The Morgan fingerprint density at radius 3 is 2.59 bits per heavy atom. The monoisotopic (exact) mass is 433 g/mol. The number of rotatable bonds is 6. The molecule has 0 saturated carbocycles. The topological polar surface area (TPSA) is 73.7 Å². The fourth-order valence-corrected chi connectivity index (χ4v) is 3.69. The number of aromatic nitrogens is 2. The van der Waals surface area contributed by atoms with Crippen LogP contribution in [0.3, 0.4) is 0 Å². The highest BCUT2D eigenvalue weighted by Gasteiger charge is 2.24. The molecule has 1 aliphatic rings. The van der Waals surface area contributed by atoms with Crippen LogP contribution in [0.1, 0.15) is 28.4 Å². The SMILES string of the molecule is Cc1ccc(-c2nn(Cc3ccccc3)cc2C(=O)OCC(=O)N2CCOC(C)C2)cc1. The van der Waals surface area contributed by atoms with Gasteiger partial charge in [0, 0.05) is 24.8 Å². The van der Waals surface area contributed by atoms with Gasteiger partial charge in [-0.25, -0.2) is 4.79 Å². The Morgan fingerprint density at radius 2 is 1.88 bits per heavy atom. The molecule has 1 amide bonds. The van der Waals surface area contributed by atoms with Crippen LogP contribution in [0.4, 0.5) is 0 Å². The molecule has 7 heteroatoms. The maximum atomic E-state index is 13.0. The Hall–Kier alpha value is -3.45. The zero-order valence-electron chi connectivity index (χ0n) is 18.4. The van der Waals surface area contributed by atoms with Crippen LogP contribution in [-0.2, 0) is 20.8 Å². The molecule has 1 unspecified atom stereocenters. The molecule has 2 aromatic carbocycles. The fraction of sp³-hybridized carbons (Fsp3) is 0.320. The summed E-state index contributed by atoms with van der Waals surface area (Å²) < 4.78 is 12.6. The smallest absolute Gasteiger partial charge is 0.342 e. The molecule has 0 spiro atoms. The molecule has 166 valence electrons. The molecule has 7 nitrogen and oxygen atoms in total. The third-order valence-electron chi connectivity index (χ3n) is 5.41. The number of benzene rings is 2. The third kappa shape index (κ3) is 5.23. The molecule has 1 saturated heterocycles. The van der Waals surface area contributed by atoms with E-state index in [0.717, 1.165) is 16.7 Å². The Bertz CT molecular complexity index is 1080. The van der Waals surface area contributed by atoms with Gasteiger partial charge in [-0.15, -0.1) is 0 Å². The Morgan fingerprint density at radius 1 is 1.12 bits per heavy atom. The van der Waals surface area contributed by atoms with Crippen molar-refractivity contribution in [2.45, 2.75) is 26.5 Å². The van der Waals surface area contributed by atoms with Crippen molar-refractivity contribution in [1.29, 1.82) is 0 Å². The molecule has 1 fully saturated rings. The Labute approximate surface area is 187 Å². The standard InChI is InChI=1S/C25H27N3O4/c1-18-8-10-21(11-9-18)24-22(16-28(26-24)15-20-6-4-3-5-7-20)25(30)32-17-23(29)27-12-13-31-19(2)14-27/h3-11,16,19H,12-15,17H2,1-2H3. The van der Waals surface area contributed by atoms with Gasteiger partial charge in [-0.05, 0) is 19.4 Å². The van der Waals surface area contributed by atoms with Gasteiger partial charge in [0.25, 0.3) is 5.91 Å². The van der Waals surface area contributed by atoms with Gasteiger partial charge < -0.3 is 14.4 Å². The highest BCUT2D eigenvalue weighted by Crippen LogP contribution is 2.24. The predicted molar refractivity (Wildman–Crippen MR) is 120 cm³/mol. The number of morpholine rings is 1. The van der Waals surface area contributed by atoms with Crippen molar-refractivity contribution in [3.05, 3.63) is 77.5 Å². The molecular weight excluding hydrogens is 406 g/mol. The number of carbonyl (C=O) groups excluding carboxylic acids is 2. The molecule has 0 aliphatic carbocycles. The quantitative estimate of drug-likeness (QED) is 0.558. The van der Waals surface area contributed by atoms with Gasteiger partial charge in [0.05, 0.1) is 19.3 Å². The van der Waals surface area contributed by atoms with E-state index in [2.05, 4.69) is 5.10 Å². The van der Waals surface area contributed by atoms with Crippen LogP contribution in [0.15, 0.2) is 60.8 Å². The molecule has 1 atom stereocenters. The van der Waals surface area contributed by atoms with Crippen LogP contribution < -0.4 is 0 Å². The lowest BCUT2D eigenvalue weighted by atomic mass is 10.1. The second kappa shape index (κ2) is 9.78. The summed E-state index contributed by atoms with van der Waals surface area (Å²) in [5.41, 5.74) is 3.89. The van der Waals surface area contributed by atoms with E-state index in [-0.39, 0.29) is 18.6 Å². The first-order valence-corrected chi connectivity index (χ1v) is 10.7. The molecule has 0 N–H and O–H groups in total. The maximum Gasteiger partial charge on any atom is 0.342 e. The summed E-state index contributed by atoms with van der Waals surface area (Å²) in [4.78, 5) is 27.1. The molecule has 1 aromatic heterocycles. The van der Waals surface area contributed by atoms with Crippen molar-refractivity contribution >= 4 is 11.9 Å². The van der Waals surface area contributed by atoms with Gasteiger partial charge in [0.2, 0.25) is 0 Å². The van der Waals surface area contributed by atoms with Crippen LogP contribution >= 0.6 is 0 Å². The zero-order valence-corrected chi connectivity index (χ0v) is 18.4. The van der Waals surface area contributed by atoms with Gasteiger partial charge in [-0.2, -0.15) is 5.10 Å². The number of hydrogen-bond acceptors (Lipinski definition) is 5. The summed E-state index contributed by atoms with van der Waals surface area (Å²) >= 11 is 0. The Balaban J connectivity index is 1.53. The lowest BCUT2D eigenvalue weighted by molar-refractivity contribution is -0.141. The summed E-state index contributed by atoms with van der Waals surface area (Å²) in [7, 11) is 0. The first-order valence-electron chi connectivity index (χ1n) is 10.7. The van der Waals surface area contributed by atoms with Crippen LogP contribution in [0.5, 0.6) is 0 Å². The van der Waals surface area contributed by atoms with E-state index in [1.165, 1.54) is 0 Å². The van der Waals surface area contributed by atoms with E-state index in [4.69, 9.17) is 9.47 Å². The minimum absolute atomic E-state index is 0.0206. The molecule has 1 aliphatic heterocycles. The van der Waals surface area contributed by atoms with Crippen molar-refractivity contribution < 1.29 is 19.1 Å². The van der Waals surface area contributed by atoms with Crippen LogP contribution in [0.25, 0.3) is 11.3 Å². The van der Waals surface area contributed by atoms with Gasteiger partial charge in [0.1, 0.15) is 11.3 Å². The van der Waals surface area contributed by atoms with Crippen molar-refractivity contribution in [3.63, 3.8) is 0 Å². The molecule has 0 radical (unpaired) electrons. The largest absolute Gasteiger partial charge is 0.452 e. The highest BCUT2D eigenvalue weighted by molar-refractivity contribution is 5.97. The second-order valence-electron chi connectivity index (χ2n) is 8.04. The van der Waals surface area contributed by atoms with E-state index in [9.17, 15) is 9.59 Å². The molecule has 4 rings (SSSR count). The molecule has 3 aromatic rings. The van der Waals surface area contributed by atoms with E-state index >= 15 is 0 Å². The second-order valence-corrected chi connectivity index (χ2v) is 8.04. The number of amides is 1. The fourth-order valence-electron chi connectivity index (χ4n) is 3.69. The first-order chi connectivity index (χ1) is 15.5. The van der Waals surface area contributed by atoms with E-state index in [0.29, 0.717) is 37.5 Å². The molecule has 0 bridgehead atoms. The lowest BCUT2D eigenvalue weighted by Crippen LogP contribution is -2.46. The van der Waals surface area contributed by atoms with Crippen LogP contribution in [0, 0.1) is 6.92 Å². The summed E-state index contributed by atoms with van der Waals surface area (Å²) in [6.07, 6.45) is 1.67. The van der Waals surface area contributed by atoms with Crippen molar-refractivity contribution in [3.8, 4) is 11.3 Å². The highest BCUT2D eigenvalue weighted by atomic mass is 16.5. The van der Waals surface area contributed by atoms with E-state index in [1.54, 1.807) is 15.8 Å². The maximum absolute atomic E-state index is 13.0. The summed E-state index contributed by atoms with van der Waals surface area (Å²) in [5, 5.41) is 4.66. The van der Waals surface area contributed by atoms with E-state index < -0.39 is 5.97 Å². The average Bonchev–Trinajstić information content (AvgIpc) is 3.22. The normalized spacial score (nSPS) is 16.1. The average molecular weight is 434 g/mol. The molecular formula is C25H27N3O4. The summed E-state index contributed by atoms with van der Waals surface area (Å²) in [5.74, 6) is -0.781. The zero-order chi connectivity index (χ0) is 22.5. The minimum Gasteiger partial charge on any atom is -0.452 e. The Kier molecular flexibility index (Phi) is 6.66. The van der Waals surface area contributed by atoms with Crippen LogP contribution in [-0.4, -0.2) is 59.0 Å². The number of nitrogens with zero attached hydrogens (tertiary/aromatic N) is 3. The number of hydrogen-bond donors (Lipinski definition) is 0. The van der Waals surface area contributed by atoms with E-state index in [1.807, 2.05) is 68.4 Å². The van der Waals surface area contributed by atoms with Crippen molar-refractivity contribution in [2.24, 2.45) is 0 Å². The minimum atomic E-state index is -0.561. The van der Waals surface area contributed by atoms with Crippen molar-refractivity contribution in [1.82, 2.24) is 14.7 Å². The number of aryl methyl sites for hydroxylation is 1. The van der Waals surface area contributed by atoms with Gasteiger partial charge in [-0.3, -0.25) is 9.48 Å². The van der Waals surface area contributed by atoms with Crippen LogP contribution in [0.2, 0.25) is 0 Å². The van der Waals surface area contributed by atoms with Gasteiger partial charge in [-0.1, -0.05) is 60.2 Å². The number of carbonyl (C=O) groups is 2. The summed E-state index contributed by atoms with van der Waals surface area (Å²) in [6.45, 7) is 5.64. The third-order valence-corrected chi connectivity index (χ3v) is 5.41. The van der Waals surface area contributed by atoms with Gasteiger partial charge in [0.15, 0.2) is 6.61 Å². The predicted octanol–water partition coefficient (Wildman–Crippen LogP) is 3.31. The van der Waals surface area contributed by atoms with Gasteiger partial charge >= 0.3 is 5.97 Å². The number of ether oxygens (including phenoxy) is 2. The summed E-state index contributed by atoms with van der Waals surface area (Å²) in [6, 6.07) is 17.7.